The minimum atomic E-state index is 0.753. The molecular formula is C9H10ClNS. The van der Waals surface area contributed by atoms with E-state index in [0.717, 1.165) is 15.6 Å². The Morgan fingerprint density at radius 3 is 2.75 bits per heavy atom. The van der Waals surface area contributed by atoms with Crippen LogP contribution < -0.4 is 0 Å². The molecule has 0 heterocycles. The third-order valence-corrected chi connectivity index (χ3v) is 2.51. The molecule has 0 aliphatic rings. The minimum absolute atomic E-state index is 0.753. The number of benzene rings is 1. The first kappa shape index (κ1) is 9.62. The SMILES string of the molecule is C/N=C(/SC)c1cccc(Cl)c1. The molecule has 0 aromatic heterocycles. The zero-order valence-electron chi connectivity index (χ0n) is 7.04. The number of hydrogen-bond donors (Lipinski definition) is 0. The summed E-state index contributed by atoms with van der Waals surface area (Å²) >= 11 is 7.46. The van der Waals surface area contributed by atoms with Gasteiger partial charge in [-0.1, -0.05) is 23.7 Å². The van der Waals surface area contributed by atoms with E-state index in [1.165, 1.54) is 0 Å². The lowest BCUT2D eigenvalue weighted by Gasteiger charge is -2.01. The van der Waals surface area contributed by atoms with Crippen LogP contribution >= 0.6 is 23.4 Å². The van der Waals surface area contributed by atoms with Crippen molar-refractivity contribution < 1.29 is 0 Å². The Morgan fingerprint density at radius 2 is 2.25 bits per heavy atom. The van der Waals surface area contributed by atoms with Crippen LogP contribution in [0.15, 0.2) is 29.3 Å². The Labute approximate surface area is 81.8 Å². The standard InChI is InChI=1S/C9H10ClNS/c1-11-9(12-2)7-4-3-5-8(10)6-7/h3-6H,1-2H3/b11-9+. The van der Waals surface area contributed by atoms with Crippen LogP contribution in [0.1, 0.15) is 5.56 Å². The summed E-state index contributed by atoms with van der Waals surface area (Å²) in [5.41, 5.74) is 1.08. The molecule has 0 saturated heterocycles. The van der Waals surface area contributed by atoms with Crippen LogP contribution in [0, 0.1) is 0 Å². The molecule has 12 heavy (non-hydrogen) atoms. The van der Waals surface area contributed by atoms with Gasteiger partial charge in [0, 0.05) is 17.6 Å². The van der Waals surface area contributed by atoms with Crippen molar-refractivity contribution in [1.82, 2.24) is 0 Å². The monoisotopic (exact) mass is 199 g/mol. The van der Waals surface area contributed by atoms with Crippen molar-refractivity contribution in [2.24, 2.45) is 4.99 Å². The number of rotatable bonds is 1. The molecule has 0 N–H and O–H groups in total. The molecule has 64 valence electrons. The lowest BCUT2D eigenvalue weighted by Crippen LogP contribution is -1.93. The first-order chi connectivity index (χ1) is 5.77. The highest BCUT2D eigenvalue weighted by molar-refractivity contribution is 8.13. The van der Waals surface area contributed by atoms with Crippen molar-refractivity contribution in [3.8, 4) is 0 Å². The van der Waals surface area contributed by atoms with Gasteiger partial charge in [0.1, 0.15) is 0 Å². The summed E-state index contributed by atoms with van der Waals surface area (Å²) in [4.78, 5) is 4.14. The van der Waals surface area contributed by atoms with Gasteiger partial charge in [0.25, 0.3) is 0 Å². The van der Waals surface area contributed by atoms with Crippen LogP contribution in [0.25, 0.3) is 0 Å². The smallest absolute Gasteiger partial charge is 0.0971 e. The fourth-order valence-corrected chi connectivity index (χ4v) is 1.70. The van der Waals surface area contributed by atoms with Crippen LogP contribution in [-0.4, -0.2) is 18.3 Å². The van der Waals surface area contributed by atoms with Crippen molar-refractivity contribution in [3.63, 3.8) is 0 Å². The number of thioether (sulfide) groups is 1. The molecule has 1 nitrogen and oxygen atoms in total. The molecule has 0 aliphatic heterocycles. The van der Waals surface area contributed by atoms with Crippen LogP contribution in [0.2, 0.25) is 5.02 Å². The number of aliphatic imine (C=N–C) groups is 1. The second kappa shape index (κ2) is 4.53. The molecule has 0 fully saturated rings. The quantitative estimate of drug-likeness (QED) is 0.500. The first-order valence-electron chi connectivity index (χ1n) is 3.54. The second-order valence-corrected chi connectivity index (χ2v) is 3.47. The largest absolute Gasteiger partial charge is 0.281 e. The lowest BCUT2D eigenvalue weighted by atomic mass is 10.2. The molecule has 0 unspecified atom stereocenters. The van der Waals surface area contributed by atoms with Gasteiger partial charge in [-0.15, -0.1) is 11.8 Å². The molecule has 0 amide bonds. The van der Waals surface area contributed by atoms with E-state index in [1.54, 1.807) is 18.8 Å². The molecule has 0 radical (unpaired) electrons. The molecule has 0 bridgehead atoms. The molecule has 1 rings (SSSR count). The van der Waals surface area contributed by atoms with Crippen LogP contribution in [0.5, 0.6) is 0 Å². The van der Waals surface area contributed by atoms with E-state index in [-0.39, 0.29) is 0 Å². The fourth-order valence-electron chi connectivity index (χ4n) is 0.960. The lowest BCUT2D eigenvalue weighted by molar-refractivity contribution is 1.45. The van der Waals surface area contributed by atoms with Crippen LogP contribution in [0.4, 0.5) is 0 Å². The maximum Gasteiger partial charge on any atom is 0.0971 e. The zero-order chi connectivity index (χ0) is 8.97. The van der Waals surface area contributed by atoms with E-state index < -0.39 is 0 Å². The van der Waals surface area contributed by atoms with Crippen LogP contribution in [-0.2, 0) is 0 Å². The maximum absolute atomic E-state index is 5.84. The average Bonchev–Trinajstić information content (AvgIpc) is 2.07. The number of halogens is 1. The third kappa shape index (κ3) is 2.26. The second-order valence-electron chi connectivity index (χ2n) is 2.24. The van der Waals surface area contributed by atoms with Gasteiger partial charge < -0.3 is 0 Å². The van der Waals surface area contributed by atoms with Gasteiger partial charge in [-0.25, -0.2) is 0 Å². The number of nitrogens with zero attached hydrogens (tertiary/aromatic N) is 1. The summed E-state index contributed by atoms with van der Waals surface area (Å²) in [6, 6.07) is 7.71. The highest BCUT2D eigenvalue weighted by Crippen LogP contribution is 2.15. The summed E-state index contributed by atoms with van der Waals surface area (Å²) in [6.07, 6.45) is 2.00. The van der Waals surface area contributed by atoms with Crippen molar-refractivity contribution >= 4 is 28.4 Å². The predicted octanol–water partition coefficient (Wildman–Crippen LogP) is 3.08. The van der Waals surface area contributed by atoms with E-state index in [4.69, 9.17) is 11.6 Å². The molecule has 1 aromatic rings. The van der Waals surface area contributed by atoms with Gasteiger partial charge in [-0.2, -0.15) is 0 Å². The van der Waals surface area contributed by atoms with Gasteiger partial charge in [-0.3, -0.25) is 4.99 Å². The summed E-state index contributed by atoms with van der Waals surface area (Å²) < 4.78 is 0. The molecular weight excluding hydrogens is 190 g/mol. The van der Waals surface area contributed by atoms with Gasteiger partial charge in [0.05, 0.1) is 5.04 Å². The molecule has 0 saturated carbocycles. The van der Waals surface area contributed by atoms with Gasteiger partial charge in [-0.05, 0) is 18.4 Å². The summed E-state index contributed by atoms with van der Waals surface area (Å²) in [6.45, 7) is 0. The molecule has 0 aliphatic carbocycles. The van der Waals surface area contributed by atoms with Crippen molar-refractivity contribution in [3.05, 3.63) is 34.9 Å². The first-order valence-corrected chi connectivity index (χ1v) is 5.15. The normalized spacial score (nSPS) is 11.8. The Balaban J connectivity index is 3.02. The summed E-state index contributed by atoms with van der Waals surface area (Å²) in [5.74, 6) is 0. The Bertz CT molecular complexity index is 296. The van der Waals surface area contributed by atoms with E-state index in [0.29, 0.717) is 0 Å². The molecule has 3 heteroatoms. The fraction of sp³-hybridized carbons (Fsp3) is 0.222. The Morgan fingerprint density at radius 1 is 1.50 bits per heavy atom. The van der Waals surface area contributed by atoms with Gasteiger partial charge >= 0.3 is 0 Å². The van der Waals surface area contributed by atoms with Gasteiger partial charge in [0.2, 0.25) is 0 Å². The zero-order valence-corrected chi connectivity index (χ0v) is 8.62. The third-order valence-electron chi connectivity index (χ3n) is 1.47. The highest BCUT2D eigenvalue weighted by atomic mass is 35.5. The van der Waals surface area contributed by atoms with Crippen LogP contribution in [0.3, 0.4) is 0 Å². The van der Waals surface area contributed by atoms with E-state index in [9.17, 15) is 0 Å². The summed E-state index contributed by atoms with van der Waals surface area (Å²) in [5, 5.41) is 1.76. The van der Waals surface area contributed by atoms with Gasteiger partial charge in [0.15, 0.2) is 0 Å². The minimum Gasteiger partial charge on any atom is -0.281 e. The van der Waals surface area contributed by atoms with E-state index >= 15 is 0 Å². The van der Waals surface area contributed by atoms with Crippen molar-refractivity contribution in [1.29, 1.82) is 0 Å². The van der Waals surface area contributed by atoms with E-state index in [2.05, 4.69) is 4.99 Å². The average molecular weight is 200 g/mol. The highest BCUT2D eigenvalue weighted by Gasteiger charge is 1.99. The van der Waals surface area contributed by atoms with E-state index in [1.807, 2.05) is 30.5 Å². The van der Waals surface area contributed by atoms with Crippen molar-refractivity contribution in [2.45, 2.75) is 0 Å². The molecule has 0 atom stereocenters. The summed E-state index contributed by atoms with van der Waals surface area (Å²) in [7, 11) is 1.78. The molecule has 0 spiro atoms. The predicted molar refractivity (Wildman–Crippen MR) is 57.4 cm³/mol. The topological polar surface area (TPSA) is 12.4 Å². The molecule has 1 aromatic carbocycles. The number of hydrogen-bond acceptors (Lipinski definition) is 2. The Kier molecular flexibility index (Phi) is 3.63. The van der Waals surface area contributed by atoms with Crippen molar-refractivity contribution in [2.75, 3.05) is 13.3 Å². The Hall–Kier alpha value is -0.470. The maximum atomic E-state index is 5.84.